The maximum Gasteiger partial charge on any atom is 0.306 e. The first-order chi connectivity index (χ1) is 19.4. The molecule has 2 rings (SSSR count). The van der Waals surface area contributed by atoms with E-state index in [1.165, 1.54) is 0 Å². The van der Waals surface area contributed by atoms with Crippen molar-refractivity contribution >= 4 is 11.9 Å². The maximum atomic E-state index is 12.5. The summed E-state index contributed by atoms with van der Waals surface area (Å²) in [4.78, 5) is 38.6. The van der Waals surface area contributed by atoms with E-state index in [4.69, 9.17) is 4.74 Å². The second kappa shape index (κ2) is 19.9. The molecule has 0 spiro atoms. The normalized spacial score (nSPS) is 21.5. The third kappa shape index (κ3) is 13.3. The van der Waals surface area contributed by atoms with Crippen molar-refractivity contribution in [2.45, 2.75) is 95.9 Å². The van der Waals surface area contributed by atoms with Gasteiger partial charge in [-0.2, -0.15) is 0 Å². The summed E-state index contributed by atoms with van der Waals surface area (Å²) in [6, 6.07) is 9.98. The molecule has 1 aliphatic rings. The van der Waals surface area contributed by atoms with Gasteiger partial charge in [0.05, 0.1) is 12.2 Å². The van der Waals surface area contributed by atoms with E-state index in [1.54, 1.807) is 6.08 Å². The average Bonchev–Trinajstić information content (AvgIpc) is 3.23. The van der Waals surface area contributed by atoms with Gasteiger partial charge in [0, 0.05) is 37.6 Å². The smallest absolute Gasteiger partial charge is 0.306 e. The van der Waals surface area contributed by atoms with Crippen molar-refractivity contribution in [3.05, 3.63) is 65.1 Å². The standard InChI is InChI=1S/C31H46N2O7/c1-2-32-30(36)16-10-4-3-9-15-27-26(21-20-25(34)19-18-24-13-7-5-8-14-24)28(35)23-29(27)40-31(37)17-11-6-12-22-39-33-38/h3,5,7-9,13-14,20-21,25-29,34-35H,2,4,6,10-12,15-19,22-23H2,1H3,(H,32,36)/b9-3-,21-20+/t25-,26+,27+,28+,29-/m0/s1. The minimum atomic E-state index is -0.681. The number of unbranched alkanes of at least 4 members (excludes halogenated alkanes) is 3. The molecular weight excluding hydrogens is 512 g/mol. The Hall–Kier alpha value is -3.04. The van der Waals surface area contributed by atoms with E-state index in [-0.39, 0.29) is 36.7 Å². The Morgan fingerprint density at radius 3 is 2.67 bits per heavy atom. The van der Waals surface area contributed by atoms with Crippen LogP contribution in [-0.4, -0.2) is 53.6 Å². The lowest BCUT2D eigenvalue weighted by molar-refractivity contribution is -0.151. The van der Waals surface area contributed by atoms with Crippen molar-refractivity contribution in [1.29, 1.82) is 0 Å². The summed E-state index contributed by atoms with van der Waals surface area (Å²) < 4.78 is 5.82. The molecule has 0 heterocycles. The Morgan fingerprint density at radius 2 is 1.93 bits per heavy atom. The Morgan fingerprint density at radius 1 is 1.12 bits per heavy atom. The molecule has 0 saturated heterocycles. The average molecular weight is 559 g/mol. The van der Waals surface area contributed by atoms with E-state index in [0.717, 1.165) is 24.8 Å². The molecule has 1 saturated carbocycles. The lowest BCUT2D eigenvalue weighted by atomic mass is 9.89. The number of allylic oxidation sites excluding steroid dienone is 2. The molecular formula is C31H46N2O7. The topological polar surface area (TPSA) is 135 Å². The molecule has 0 aliphatic heterocycles. The Balaban J connectivity index is 1.94. The third-order valence-electron chi connectivity index (χ3n) is 7.19. The predicted octanol–water partition coefficient (Wildman–Crippen LogP) is 4.96. The molecule has 3 N–H and O–H groups in total. The molecule has 1 aliphatic carbocycles. The zero-order chi connectivity index (χ0) is 29.0. The van der Waals surface area contributed by atoms with E-state index < -0.39 is 18.3 Å². The van der Waals surface area contributed by atoms with Gasteiger partial charge >= 0.3 is 5.97 Å². The quantitative estimate of drug-likeness (QED) is 0.0677. The highest BCUT2D eigenvalue weighted by Gasteiger charge is 2.42. The minimum absolute atomic E-state index is 0.0470. The zero-order valence-corrected chi connectivity index (χ0v) is 23.7. The largest absolute Gasteiger partial charge is 0.462 e. The molecule has 1 aromatic carbocycles. The van der Waals surface area contributed by atoms with Crippen molar-refractivity contribution in [2.75, 3.05) is 13.2 Å². The number of rotatable bonds is 20. The first kappa shape index (κ1) is 33.2. The number of nitrogens with zero attached hydrogens (tertiary/aromatic N) is 1. The molecule has 1 amide bonds. The first-order valence-electron chi connectivity index (χ1n) is 14.6. The van der Waals surface area contributed by atoms with E-state index in [0.29, 0.717) is 51.5 Å². The Bertz CT molecular complexity index is 922. The highest BCUT2D eigenvalue weighted by atomic mass is 16.7. The summed E-state index contributed by atoms with van der Waals surface area (Å²) in [6.45, 7) is 2.75. The van der Waals surface area contributed by atoms with Gasteiger partial charge in [0.2, 0.25) is 5.91 Å². The zero-order valence-electron chi connectivity index (χ0n) is 23.7. The summed E-state index contributed by atoms with van der Waals surface area (Å²) >= 11 is 0. The van der Waals surface area contributed by atoms with Crippen LogP contribution in [0.3, 0.4) is 0 Å². The number of amides is 1. The molecule has 40 heavy (non-hydrogen) atoms. The second-order valence-electron chi connectivity index (χ2n) is 10.3. The number of esters is 1. The van der Waals surface area contributed by atoms with Crippen LogP contribution in [0.15, 0.2) is 60.0 Å². The number of hydrogen-bond acceptors (Lipinski definition) is 8. The highest BCUT2D eigenvalue weighted by molar-refractivity contribution is 5.75. The molecule has 9 nitrogen and oxygen atoms in total. The number of carbonyl (C=O) groups excluding carboxylic acids is 2. The lowest BCUT2D eigenvalue weighted by Gasteiger charge is -2.23. The molecule has 5 atom stereocenters. The van der Waals surface area contributed by atoms with Crippen LogP contribution >= 0.6 is 0 Å². The van der Waals surface area contributed by atoms with Gasteiger partial charge in [-0.1, -0.05) is 54.6 Å². The van der Waals surface area contributed by atoms with Gasteiger partial charge in [0.1, 0.15) is 12.7 Å². The maximum absolute atomic E-state index is 12.5. The molecule has 1 aromatic rings. The third-order valence-corrected chi connectivity index (χ3v) is 7.19. The van der Waals surface area contributed by atoms with Crippen LogP contribution in [0.25, 0.3) is 0 Å². The number of hydrogen-bond donors (Lipinski definition) is 3. The molecule has 222 valence electrons. The van der Waals surface area contributed by atoms with Crippen LogP contribution in [0, 0.1) is 16.7 Å². The van der Waals surface area contributed by atoms with Crippen LogP contribution in [0.5, 0.6) is 0 Å². The van der Waals surface area contributed by atoms with Gasteiger partial charge in [-0.25, -0.2) is 0 Å². The number of benzene rings is 1. The molecule has 1 fully saturated rings. The van der Waals surface area contributed by atoms with Crippen molar-refractivity contribution in [3.8, 4) is 0 Å². The number of aryl methyl sites for hydroxylation is 1. The SMILES string of the molecule is CCNC(=O)CCC/C=C\C[C@@H]1[C@@H](/C=C/[C@@H](O)CCc2ccccc2)[C@H](O)C[C@@H]1OC(=O)CCCCCON=O. The van der Waals surface area contributed by atoms with Crippen molar-refractivity contribution < 1.29 is 29.4 Å². The van der Waals surface area contributed by atoms with Gasteiger partial charge in [-0.3, -0.25) is 9.59 Å². The van der Waals surface area contributed by atoms with Crippen molar-refractivity contribution in [1.82, 2.24) is 5.32 Å². The second-order valence-corrected chi connectivity index (χ2v) is 10.3. The highest BCUT2D eigenvalue weighted by Crippen LogP contribution is 2.38. The Labute approximate surface area is 238 Å². The van der Waals surface area contributed by atoms with Crippen molar-refractivity contribution in [2.24, 2.45) is 17.2 Å². The van der Waals surface area contributed by atoms with E-state index in [2.05, 4.69) is 15.5 Å². The number of aliphatic hydroxyl groups excluding tert-OH is 2. The molecule has 0 radical (unpaired) electrons. The van der Waals surface area contributed by atoms with Crippen molar-refractivity contribution in [3.63, 3.8) is 0 Å². The van der Waals surface area contributed by atoms with Crippen LogP contribution in [0.2, 0.25) is 0 Å². The van der Waals surface area contributed by atoms with E-state index >= 15 is 0 Å². The minimum Gasteiger partial charge on any atom is -0.462 e. The van der Waals surface area contributed by atoms with E-state index in [1.807, 2.05) is 55.5 Å². The lowest BCUT2D eigenvalue weighted by Crippen LogP contribution is -2.25. The fourth-order valence-corrected chi connectivity index (χ4v) is 5.05. The van der Waals surface area contributed by atoms with Gasteiger partial charge in [0.15, 0.2) is 5.34 Å². The fourth-order valence-electron chi connectivity index (χ4n) is 5.05. The summed E-state index contributed by atoms with van der Waals surface area (Å²) in [6.07, 6.45) is 12.4. The number of nitrogens with one attached hydrogen (secondary N) is 1. The van der Waals surface area contributed by atoms with Crippen LogP contribution in [-0.2, 0) is 25.6 Å². The fraction of sp³-hybridized carbons (Fsp3) is 0.613. The molecule has 0 aromatic heterocycles. The number of ether oxygens (including phenoxy) is 1. The number of carbonyl (C=O) groups is 2. The van der Waals surface area contributed by atoms with Gasteiger partial charge < -0.3 is 25.1 Å². The predicted molar refractivity (Wildman–Crippen MR) is 154 cm³/mol. The summed E-state index contributed by atoms with van der Waals surface area (Å²) in [5.41, 5.74) is 1.16. The number of aliphatic hydroxyl groups is 2. The summed E-state index contributed by atoms with van der Waals surface area (Å²) in [5.74, 6) is -0.638. The molecule has 0 unspecified atom stereocenters. The first-order valence-corrected chi connectivity index (χ1v) is 14.6. The van der Waals surface area contributed by atoms with Crippen LogP contribution in [0.1, 0.15) is 76.7 Å². The van der Waals surface area contributed by atoms with Crippen LogP contribution in [0.4, 0.5) is 0 Å². The molecule has 9 heteroatoms. The van der Waals surface area contributed by atoms with Gasteiger partial charge in [-0.05, 0) is 63.9 Å². The summed E-state index contributed by atoms with van der Waals surface area (Å²) in [7, 11) is 0. The van der Waals surface area contributed by atoms with Gasteiger partial charge in [-0.15, -0.1) is 4.91 Å². The van der Waals surface area contributed by atoms with E-state index in [9.17, 15) is 24.7 Å². The van der Waals surface area contributed by atoms with Gasteiger partial charge in [0.25, 0.3) is 0 Å². The monoisotopic (exact) mass is 558 g/mol. The Kier molecular flexibility index (Phi) is 16.5. The summed E-state index contributed by atoms with van der Waals surface area (Å²) in [5, 5.41) is 26.6. The molecule has 0 bridgehead atoms. The van der Waals surface area contributed by atoms with Crippen LogP contribution < -0.4 is 5.32 Å².